The van der Waals surface area contributed by atoms with Crippen LogP contribution in [-0.4, -0.2) is 49.7 Å². The van der Waals surface area contributed by atoms with E-state index in [9.17, 15) is 5.26 Å². The molecule has 0 saturated carbocycles. The largest absolute Gasteiger partial charge is 0.365 e. The number of halogens is 1. The summed E-state index contributed by atoms with van der Waals surface area (Å²) < 4.78 is 1.01. The van der Waals surface area contributed by atoms with Crippen LogP contribution in [0.2, 0.25) is 0 Å². The SMILES string of the molecule is CN(C)c1nccnc1N1CCC2CCN(c3cc(Br)ccc3C#N)C2C1. The second-order valence-corrected chi connectivity index (χ2v) is 8.33. The van der Waals surface area contributed by atoms with Crippen LogP contribution in [0.4, 0.5) is 17.3 Å². The van der Waals surface area contributed by atoms with E-state index in [-0.39, 0.29) is 0 Å². The van der Waals surface area contributed by atoms with Crippen LogP contribution in [0, 0.1) is 17.2 Å². The number of aromatic nitrogens is 2. The van der Waals surface area contributed by atoms with Gasteiger partial charge < -0.3 is 14.7 Å². The van der Waals surface area contributed by atoms with Crippen LogP contribution >= 0.6 is 15.9 Å². The Balaban J connectivity index is 1.64. The maximum Gasteiger partial charge on any atom is 0.172 e. The smallest absolute Gasteiger partial charge is 0.172 e. The molecule has 4 rings (SSSR count). The Morgan fingerprint density at radius 2 is 1.96 bits per heavy atom. The number of benzene rings is 1. The molecule has 2 fully saturated rings. The van der Waals surface area contributed by atoms with E-state index in [2.05, 4.69) is 47.8 Å². The summed E-state index contributed by atoms with van der Waals surface area (Å²) in [5.74, 6) is 2.51. The second-order valence-electron chi connectivity index (χ2n) is 7.42. The molecule has 0 aliphatic carbocycles. The summed E-state index contributed by atoms with van der Waals surface area (Å²) in [6, 6.07) is 8.66. The fourth-order valence-corrected chi connectivity index (χ4v) is 4.68. The predicted octanol–water partition coefficient (Wildman–Crippen LogP) is 3.28. The molecule has 0 N–H and O–H groups in total. The zero-order chi connectivity index (χ0) is 19.0. The standard InChI is InChI=1S/C20H23BrN6/c1-25(2)19-20(24-8-7-23-19)26-9-5-14-6-10-27(18(14)13-26)17-11-16(21)4-3-15(17)12-22/h3-4,7-8,11,14,18H,5-6,9-10,13H2,1-2H3. The van der Waals surface area contributed by atoms with E-state index >= 15 is 0 Å². The van der Waals surface area contributed by atoms with Gasteiger partial charge in [0.25, 0.3) is 0 Å². The Kier molecular flexibility index (Phi) is 4.92. The van der Waals surface area contributed by atoms with E-state index < -0.39 is 0 Å². The van der Waals surface area contributed by atoms with Gasteiger partial charge in [0.1, 0.15) is 6.07 Å². The van der Waals surface area contributed by atoms with Crippen LogP contribution in [0.1, 0.15) is 18.4 Å². The van der Waals surface area contributed by atoms with E-state index in [1.807, 2.05) is 31.1 Å². The third kappa shape index (κ3) is 3.34. The number of hydrogen-bond donors (Lipinski definition) is 0. The molecule has 6 nitrogen and oxygen atoms in total. The minimum Gasteiger partial charge on any atom is -0.365 e. The van der Waals surface area contributed by atoms with Crippen LogP contribution in [0.5, 0.6) is 0 Å². The Hall–Kier alpha value is -2.33. The third-order valence-corrected chi connectivity index (χ3v) is 6.13. The van der Waals surface area contributed by atoms with E-state index in [0.29, 0.717) is 12.0 Å². The Morgan fingerprint density at radius 3 is 2.74 bits per heavy atom. The van der Waals surface area contributed by atoms with Gasteiger partial charge in [0.2, 0.25) is 0 Å². The predicted molar refractivity (Wildman–Crippen MR) is 111 cm³/mol. The summed E-state index contributed by atoms with van der Waals surface area (Å²) >= 11 is 3.56. The van der Waals surface area contributed by atoms with Gasteiger partial charge in [0, 0.05) is 56.6 Å². The Morgan fingerprint density at radius 1 is 1.19 bits per heavy atom. The van der Waals surface area contributed by atoms with Crippen molar-refractivity contribution >= 4 is 33.3 Å². The molecule has 0 amide bonds. The van der Waals surface area contributed by atoms with Crippen molar-refractivity contribution in [1.29, 1.82) is 5.26 Å². The van der Waals surface area contributed by atoms with Gasteiger partial charge in [-0.3, -0.25) is 0 Å². The van der Waals surface area contributed by atoms with Gasteiger partial charge in [0.05, 0.1) is 11.3 Å². The number of hydrogen-bond acceptors (Lipinski definition) is 6. The summed E-state index contributed by atoms with van der Waals surface area (Å²) in [7, 11) is 4.01. The quantitative estimate of drug-likeness (QED) is 0.750. The number of piperidine rings is 1. The molecule has 7 heteroatoms. The molecule has 27 heavy (non-hydrogen) atoms. The van der Waals surface area contributed by atoms with Gasteiger partial charge in [-0.25, -0.2) is 9.97 Å². The maximum atomic E-state index is 9.57. The summed E-state index contributed by atoms with van der Waals surface area (Å²) in [4.78, 5) is 15.9. The lowest BCUT2D eigenvalue weighted by atomic mass is 9.92. The van der Waals surface area contributed by atoms with Crippen LogP contribution in [0.25, 0.3) is 0 Å². The summed E-state index contributed by atoms with van der Waals surface area (Å²) in [6.45, 7) is 2.90. The molecule has 0 radical (unpaired) electrons. The van der Waals surface area contributed by atoms with Crippen molar-refractivity contribution in [2.45, 2.75) is 18.9 Å². The van der Waals surface area contributed by atoms with Crippen molar-refractivity contribution in [1.82, 2.24) is 9.97 Å². The van der Waals surface area contributed by atoms with Gasteiger partial charge in [0.15, 0.2) is 11.6 Å². The van der Waals surface area contributed by atoms with Crippen molar-refractivity contribution in [2.24, 2.45) is 5.92 Å². The lowest BCUT2D eigenvalue weighted by Gasteiger charge is -2.40. The molecular formula is C20H23BrN6. The van der Waals surface area contributed by atoms with Crippen molar-refractivity contribution < 1.29 is 0 Å². The Bertz CT molecular complexity index is 877. The molecule has 2 saturated heterocycles. The highest BCUT2D eigenvalue weighted by atomic mass is 79.9. The molecule has 2 unspecified atom stereocenters. The number of nitrogens with zero attached hydrogens (tertiary/aromatic N) is 6. The van der Waals surface area contributed by atoms with Crippen molar-refractivity contribution in [3.8, 4) is 6.07 Å². The van der Waals surface area contributed by atoms with Gasteiger partial charge >= 0.3 is 0 Å². The molecule has 2 aliphatic heterocycles. The van der Waals surface area contributed by atoms with E-state index in [0.717, 1.165) is 53.4 Å². The fourth-order valence-electron chi connectivity index (χ4n) is 4.33. The van der Waals surface area contributed by atoms with E-state index in [1.165, 1.54) is 6.42 Å². The first-order valence-corrected chi connectivity index (χ1v) is 10.1. The van der Waals surface area contributed by atoms with Gasteiger partial charge in [-0.1, -0.05) is 15.9 Å². The number of fused-ring (bicyclic) bond motifs is 1. The average molecular weight is 427 g/mol. The first-order chi connectivity index (χ1) is 13.1. The zero-order valence-electron chi connectivity index (χ0n) is 15.6. The molecule has 1 aromatic carbocycles. The second kappa shape index (κ2) is 7.35. The molecule has 3 heterocycles. The normalized spacial score (nSPS) is 21.7. The topological polar surface area (TPSA) is 59.3 Å². The number of rotatable bonds is 3. The monoisotopic (exact) mass is 426 g/mol. The number of nitriles is 1. The van der Waals surface area contributed by atoms with E-state index in [4.69, 9.17) is 0 Å². The zero-order valence-corrected chi connectivity index (χ0v) is 17.2. The maximum absolute atomic E-state index is 9.57. The van der Waals surface area contributed by atoms with Gasteiger partial charge in [-0.15, -0.1) is 0 Å². The highest BCUT2D eigenvalue weighted by Crippen LogP contribution is 2.39. The van der Waals surface area contributed by atoms with Gasteiger partial charge in [-0.2, -0.15) is 5.26 Å². The average Bonchev–Trinajstić information content (AvgIpc) is 3.11. The Labute approximate surface area is 168 Å². The van der Waals surface area contributed by atoms with Crippen molar-refractivity contribution in [3.05, 3.63) is 40.6 Å². The molecule has 2 atom stereocenters. The minimum absolute atomic E-state index is 0.386. The van der Waals surface area contributed by atoms with Crippen molar-refractivity contribution in [2.75, 3.05) is 48.4 Å². The molecule has 2 aromatic rings. The molecule has 2 aliphatic rings. The highest BCUT2D eigenvalue weighted by molar-refractivity contribution is 9.10. The summed E-state index contributed by atoms with van der Waals surface area (Å²) in [5, 5.41) is 9.57. The lowest BCUT2D eigenvalue weighted by Crippen LogP contribution is -2.49. The molecule has 0 bridgehead atoms. The molecular weight excluding hydrogens is 404 g/mol. The summed E-state index contributed by atoms with van der Waals surface area (Å²) in [6.07, 6.45) is 5.83. The lowest BCUT2D eigenvalue weighted by molar-refractivity contribution is 0.389. The molecule has 0 spiro atoms. The van der Waals surface area contributed by atoms with Gasteiger partial charge in [-0.05, 0) is 37.0 Å². The van der Waals surface area contributed by atoms with Crippen LogP contribution in [-0.2, 0) is 0 Å². The van der Waals surface area contributed by atoms with Crippen molar-refractivity contribution in [3.63, 3.8) is 0 Å². The minimum atomic E-state index is 0.386. The summed E-state index contributed by atoms with van der Waals surface area (Å²) in [5.41, 5.74) is 1.78. The number of anilines is 3. The first kappa shape index (κ1) is 18.1. The first-order valence-electron chi connectivity index (χ1n) is 9.28. The molecule has 1 aromatic heterocycles. The van der Waals surface area contributed by atoms with Crippen LogP contribution < -0.4 is 14.7 Å². The highest BCUT2D eigenvalue weighted by Gasteiger charge is 2.40. The van der Waals surface area contributed by atoms with E-state index in [1.54, 1.807) is 12.4 Å². The fraction of sp³-hybridized carbons (Fsp3) is 0.450. The van der Waals surface area contributed by atoms with Crippen LogP contribution in [0.15, 0.2) is 35.1 Å². The third-order valence-electron chi connectivity index (χ3n) is 5.64. The molecule has 140 valence electrons. The van der Waals surface area contributed by atoms with Crippen LogP contribution in [0.3, 0.4) is 0 Å².